The first-order valence-corrected chi connectivity index (χ1v) is 16.9. The molecule has 0 radical (unpaired) electrons. The van der Waals surface area contributed by atoms with Crippen LogP contribution in [0, 0.1) is 5.41 Å². The topological polar surface area (TPSA) is 0 Å². The Labute approximate surface area is 242 Å². The average molecular weight is 567 g/mol. The summed E-state index contributed by atoms with van der Waals surface area (Å²) in [5.74, 6) is 0. The summed E-state index contributed by atoms with van der Waals surface area (Å²) in [6, 6.07) is 44.1. The van der Waals surface area contributed by atoms with Gasteiger partial charge in [0.25, 0.3) is 0 Å². The molecule has 0 aromatic heterocycles. The number of halogens is 1. The highest BCUT2D eigenvalue weighted by Crippen LogP contribution is 2.66. The molecule has 1 atom stereocenters. The van der Waals surface area contributed by atoms with Gasteiger partial charge in [-0.15, -0.1) is 11.6 Å². The van der Waals surface area contributed by atoms with E-state index in [0.717, 1.165) is 6.16 Å². The van der Waals surface area contributed by atoms with Gasteiger partial charge in [0, 0.05) is 11.6 Å². The first-order valence-electron chi connectivity index (χ1n) is 13.6. The van der Waals surface area contributed by atoms with Gasteiger partial charge in [-0.1, -0.05) is 141 Å². The van der Waals surface area contributed by atoms with E-state index in [1.165, 1.54) is 43.5 Å². The van der Waals surface area contributed by atoms with Crippen LogP contribution in [-0.4, -0.2) is 10.8 Å². The summed E-state index contributed by atoms with van der Waals surface area (Å²) in [6.45, 7) is 11.6. The van der Waals surface area contributed by atoms with E-state index in [1.807, 2.05) is 0 Å². The number of allylic oxidation sites excluding steroid dienone is 4. The van der Waals surface area contributed by atoms with Crippen molar-refractivity contribution in [1.29, 1.82) is 0 Å². The van der Waals surface area contributed by atoms with Crippen molar-refractivity contribution in [2.45, 2.75) is 39.2 Å². The molecule has 5 rings (SSSR count). The van der Waals surface area contributed by atoms with E-state index in [4.69, 9.17) is 11.6 Å². The fourth-order valence-corrected chi connectivity index (χ4v) is 13.4. The zero-order valence-corrected chi connectivity index (χ0v) is 26.1. The molecule has 0 N–H and O–H groups in total. The Kier molecular flexibility index (Phi) is 8.31. The smallest absolute Gasteiger partial charge is 0.0988 e. The van der Waals surface area contributed by atoms with E-state index >= 15 is 0 Å². The van der Waals surface area contributed by atoms with E-state index in [2.05, 4.69) is 156 Å². The molecule has 0 heterocycles. The minimum absolute atomic E-state index is 0.131. The van der Waals surface area contributed by atoms with Crippen molar-refractivity contribution in [3.05, 3.63) is 144 Å². The molecule has 0 amide bonds. The van der Waals surface area contributed by atoms with E-state index in [1.54, 1.807) is 0 Å². The second-order valence-electron chi connectivity index (χ2n) is 10.9. The van der Waals surface area contributed by atoms with Gasteiger partial charge in [-0.2, -0.15) is 0 Å². The molecule has 0 spiro atoms. The number of benzene rings is 4. The molecule has 0 fully saturated rings. The molecule has 0 saturated carbocycles. The second kappa shape index (κ2) is 11.6. The Bertz CT molecular complexity index is 1400. The van der Waals surface area contributed by atoms with Crippen molar-refractivity contribution in [3.8, 4) is 0 Å². The van der Waals surface area contributed by atoms with Gasteiger partial charge in [0.05, 0.1) is 4.62 Å². The summed E-state index contributed by atoms with van der Waals surface area (Å²) in [5, 5.41) is 5.39. The zero-order chi connectivity index (χ0) is 27.6. The van der Waals surface area contributed by atoms with Crippen LogP contribution in [0.15, 0.2) is 144 Å². The van der Waals surface area contributed by atoms with Crippen molar-refractivity contribution in [3.63, 3.8) is 0 Å². The Morgan fingerprint density at radius 3 is 1.26 bits per heavy atom. The van der Waals surface area contributed by atoms with Crippen LogP contribution < -0.4 is 21.2 Å². The van der Waals surface area contributed by atoms with Crippen molar-refractivity contribution in [1.82, 2.24) is 0 Å². The molecule has 0 aliphatic heterocycles. The Hall–Kier alpha value is -2.49. The number of hydrogen-bond acceptors (Lipinski definition) is 0. The lowest BCUT2D eigenvalue weighted by Crippen LogP contribution is -2.41. The molecule has 0 bridgehead atoms. The lowest BCUT2D eigenvalue weighted by Gasteiger charge is -2.45. The molecule has 3 heteroatoms. The normalized spacial score (nSPS) is 16.7. The molecule has 4 aromatic carbocycles. The lowest BCUT2D eigenvalue weighted by atomic mass is 9.79. The Morgan fingerprint density at radius 2 is 0.923 bits per heavy atom. The molecule has 39 heavy (non-hydrogen) atoms. The van der Waals surface area contributed by atoms with Gasteiger partial charge in [-0.3, -0.25) is 0 Å². The van der Waals surface area contributed by atoms with Crippen molar-refractivity contribution in [2.75, 3.05) is 6.16 Å². The van der Waals surface area contributed by atoms with E-state index in [-0.39, 0.29) is 5.41 Å². The molecule has 1 unspecified atom stereocenters. The SMILES string of the molecule is CC1=C(C)C(C)(C)C(C(Cl)(CP(c2ccccc2)c2ccccc2)P(c2ccccc2)c2ccccc2)=C1C. The first-order chi connectivity index (χ1) is 18.7. The molecular formula is C36H37ClP2. The van der Waals surface area contributed by atoms with Gasteiger partial charge < -0.3 is 0 Å². The van der Waals surface area contributed by atoms with Crippen LogP contribution in [0.3, 0.4) is 0 Å². The minimum atomic E-state index is -0.947. The highest BCUT2D eigenvalue weighted by Gasteiger charge is 2.52. The summed E-state index contributed by atoms with van der Waals surface area (Å²) >= 11 is 8.45. The van der Waals surface area contributed by atoms with E-state index < -0.39 is 20.5 Å². The first kappa shape index (κ1) is 28.1. The van der Waals surface area contributed by atoms with Crippen molar-refractivity contribution < 1.29 is 0 Å². The number of hydrogen-bond donors (Lipinski definition) is 0. The van der Waals surface area contributed by atoms with E-state index in [9.17, 15) is 0 Å². The third-order valence-corrected chi connectivity index (χ3v) is 15.0. The summed E-state index contributed by atoms with van der Waals surface area (Å²) < 4.78 is -0.595. The van der Waals surface area contributed by atoms with Crippen LogP contribution in [0.1, 0.15) is 34.6 Å². The Morgan fingerprint density at radius 1 is 0.564 bits per heavy atom. The molecule has 0 saturated heterocycles. The van der Waals surface area contributed by atoms with Crippen LogP contribution in [0.5, 0.6) is 0 Å². The van der Waals surface area contributed by atoms with Gasteiger partial charge in [0.1, 0.15) is 0 Å². The highest BCUT2D eigenvalue weighted by molar-refractivity contribution is 7.79. The quantitative estimate of drug-likeness (QED) is 0.148. The third kappa shape index (κ3) is 5.33. The number of alkyl halides is 1. The van der Waals surface area contributed by atoms with Crippen LogP contribution in [0.2, 0.25) is 0 Å². The van der Waals surface area contributed by atoms with Crippen LogP contribution in [0.4, 0.5) is 0 Å². The van der Waals surface area contributed by atoms with Gasteiger partial charge in [-0.25, -0.2) is 0 Å². The maximum Gasteiger partial charge on any atom is 0.0988 e. The fourth-order valence-electron chi connectivity index (χ4n) is 6.09. The van der Waals surface area contributed by atoms with Crippen LogP contribution in [0.25, 0.3) is 0 Å². The lowest BCUT2D eigenvalue weighted by molar-refractivity contribution is 0.524. The largest absolute Gasteiger partial charge is 0.108 e. The molecule has 1 aliphatic rings. The maximum absolute atomic E-state index is 8.45. The predicted molar refractivity (Wildman–Crippen MR) is 176 cm³/mol. The maximum atomic E-state index is 8.45. The molecule has 1 aliphatic carbocycles. The summed E-state index contributed by atoms with van der Waals surface area (Å²) in [5.41, 5.74) is 5.45. The zero-order valence-electron chi connectivity index (χ0n) is 23.5. The van der Waals surface area contributed by atoms with E-state index in [0.29, 0.717) is 0 Å². The second-order valence-corrected chi connectivity index (χ2v) is 16.5. The highest BCUT2D eigenvalue weighted by atomic mass is 35.5. The molecular weight excluding hydrogens is 530 g/mol. The summed E-state index contributed by atoms with van der Waals surface area (Å²) in [7, 11) is -1.67. The summed E-state index contributed by atoms with van der Waals surface area (Å²) in [4.78, 5) is 0. The third-order valence-electron chi connectivity index (χ3n) is 8.33. The average Bonchev–Trinajstić information content (AvgIpc) is 3.12. The van der Waals surface area contributed by atoms with Crippen molar-refractivity contribution in [2.24, 2.45) is 5.41 Å². The van der Waals surface area contributed by atoms with Crippen molar-refractivity contribution >= 4 is 48.7 Å². The van der Waals surface area contributed by atoms with Gasteiger partial charge in [0.2, 0.25) is 0 Å². The fraction of sp³-hybridized carbons (Fsp3) is 0.222. The standard InChI is InChI=1S/C36H37ClP2/c1-27-28(2)34(35(4,5)29(27)3)36(37,39(32-22-14-8-15-23-32)33-24-16-9-17-25-33)26-38(30-18-10-6-11-19-30)31-20-12-7-13-21-31/h6-25H,26H2,1-5H3. The van der Waals surface area contributed by atoms with Gasteiger partial charge in [0.15, 0.2) is 0 Å². The monoisotopic (exact) mass is 566 g/mol. The van der Waals surface area contributed by atoms with Crippen LogP contribution in [-0.2, 0) is 0 Å². The molecule has 0 nitrogen and oxygen atoms in total. The summed E-state index contributed by atoms with van der Waals surface area (Å²) in [6.07, 6.45) is 0.865. The van der Waals surface area contributed by atoms with Gasteiger partial charge in [-0.05, 0) is 74.6 Å². The Balaban J connectivity index is 1.80. The molecule has 4 aromatic rings. The minimum Gasteiger partial charge on any atom is -0.108 e. The number of rotatable bonds is 8. The van der Waals surface area contributed by atoms with Crippen LogP contribution >= 0.6 is 27.4 Å². The predicted octanol–water partition coefficient (Wildman–Crippen LogP) is 8.88. The molecule has 198 valence electrons. The van der Waals surface area contributed by atoms with Gasteiger partial charge >= 0.3 is 0 Å².